The highest BCUT2D eigenvalue weighted by molar-refractivity contribution is 5.68. The van der Waals surface area contributed by atoms with E-state index in [1.54, 1.807) is 0 Å². The second kappa shape index (κ2) is 9.41. The van der Waals surface area contributed by atoms with Crippen molar-refractivity contribution in [3.05, 3.63) is 41.8 Å². The molecule has 1 aromatic heterocycles. The van der Waals surface area contributed by atoms with Crippen molar-refractivity contribution in [1.29, 1.82) is 0 Å². The fourth-order valence-electron chi connectivity index (χ4n) is 5.03. The molecule has 3 heterocycles. The van der Waals surface area contributed by atoms with Gasteiger partial charge in [-0.25, -0.2) is 14.2 Å². The summed E-state index contributed by atoms with van der Waals surface area (Å²) in [6.45, 7) is 10.6. The van der Waals surface area contributed by atoms with Gasteiger partial charge < -0.3 is 24.6 Å². The number of benzene rings is 1. The summed E-state index contributed by atoms with van der Waals surface area (Å²) in [4.78, 5) is 25.1. The lowest BCUT2D eigenvalue weighted by molar-refractivity contribution is 0.0508. The minimum Gasteiger partial charge on any atom is -0.489 e. The molecule has 0 bridgehead atoms. The number of hydrogen-bond acceptors (Lipinski definition) is 7. The van der Waals surface area contributed by atoms with Gasteiger partial charge in [0.15, 0.2) is 11.6 Å². The van der Waals surface area contributed by atoms with Crippen LogP contribution in [0, 0.1) is 11.2 Å². The topological polar surface area (TPSA) is 79.8 Å². The molecule has 9 heteroatoms. The van der Waals surface area contributed by atoms with Crippen LogP contribution >= 0.6 is 0 Å². The Balaban J connectivity index is 1.16. The first kappa shape index (κ1) is 24.6. The standard InChI is InChI=1S/C27H36FN5O3/c1-18(30-25(34)36-26(2,3)4)19-5-7-20(8-6-19)35-21-9-13-32(16-21)23-22(28)15-29-24(31-23)33-14-12-27(17-33)10-11-27/h5-8,15,18,21H,9-14,16-17H2,1-4H3,(H,30,34)/t18-,21+/m0/s1. The lowest BCUT2D eigenvalue weighted by atomic mass is 10.1. The molecule has 1 spiro atoms. The number of rotatable bonds is 6. The van der Waals surface area contributed by atoms with E-state index >= 15 is 0 Å². The number of aromatic nitrogens is 2. The molecule has 1 aliphatic carbocycles. The van der Waals surface area contributed by atoms with E-state index in [0.717, 1.165) is 30.8 Å². The van der Waals surface area contributed by atoms with Crippen molar-refractivity contribution in [2.24, 2.45) is 5.41 Å². The quantitative estimate of drug-likeness (QED) is 0.611. The lowest BCUT2D eigenvalue weighted by Gasteiger charge is -2.22. The Labute approximate surface area is 212 Å². The fraction of sp³-hybridized carbons (Fsp3) is 0.593. The molecule has 8 nitrogen and oxygen atoms in total. The maximum absolute atomic E-state index is 14.7. The molecule has 2 saturated heterocycles. The summed E-state index contributed by atoms with van der Waals surface area (Å²) in [6, 6.07) is 7.47. The van der Waals surface area contributed by atoms with Crippen LogP contribution < -0.4 is 19.9 Å². The van der Waals surface area contributed by atoms with Gasteiger partial charge in [0.2, 0.25) is 5.95 Å². The van der Waals surface area contributed by atoms with Crippen LogP contribution in [0.15, 0.2) is 30.5 Å². The Morgan fingerprint density at radius 3 is 2.58 bits per heavy atom. The van der Waals surface area contributed by atoms with E-state index in [4.69, 9.17) is 9.47 Å². The number of nitrogens with one attached hydrogen (secondary N) is 1. The number of carbonyl (C=O) groups is 1. The van der Waals surface area contributed by atoms with Crippen molar-refractivity contribution in [2.75, 3.05) is 36.0 Å². The average molecular weight is 498 g/mol. The number of anilines is 2. The number of ether oxygens (including phenoxy) is 2. The van der Waals surface area contributed by atoms with Crippen molar-refractivity contribution >= 4 is 17.9 Å². The molecule has 36 heavy (non-hydrogen) atoms. The molecule has 2 aliphatic heterocycles. The van der Waals surface area contributed by atoms with Crippen LogP contribution in [-0.4, -0.2) is 53.9 Å². The first-order chi connectivity index (χ1) is 17.1. The Morgan fingerprint density at radius 2 is 1.92 bits per heavy atom. The van der Waals surface area contributed by atoms with Gasteiger partial charge >= 0.3 is 6.09 Å². The fourth-order valence-corrected chi connectivity index (χ4v) is 5.03. The van der Waals surface area contributed by atoms with Crippen molar-refractivity contribution in [2.45, 2.75) is 71.1 Å². The van der Waals surface area contributed by atoms with E-state index in [1.165, 1.54) is 25.5 Å². The van der Waals surface area contributed by atoms with Crippen molar-refractivity contribution in [1.82, 2.24) is 15.3 Å². The molecule has 1 saturated carbocycles. The second-order valence-electron chi connectivity index (χ2n) is 11.4. The van der Waals surface area contributed by atoms with Crippen LogP contribution in [0.2, 0.25) is 0 Å². The lowest BCUT2D eigenvalue weighted by Crippen LogP contribution is -2.34. The highest BCUT2D eigenvalue weighted by atomic mass is 19.1. The van der Waals surface area contributed by atoms with Gasteiger partial charge in [0, 0.05) is 26.1 Å². The molecule has 1 aromatic carbocycles. The Kier molecular flexibility index (Phi) is 6.43. The average Bonchev–Trinajstić information content (AvgIpc) is 3.20. The highest BCUT2D eigenvalue weighted by Crippen LogP contribution is 2.53. The van der Waals surface area contributed by atoms with Gasteiger partial charge in [-0.05, 0) is 70.1 Å². The molecule has 2 aromatic rings. The van der Waals surface area contributed by atoms with Gasteiger partial charge in [0.05, 0.1) is 18.8 Å². The van der Waals surface area contributed by atoms with Gasteiger partial charge in [-0.2, -0.15) is 4.98 Å². The Morgan fingerprint density at radius 1 is 1.17 bits per heavy atom. The normalized spacial score (nSPS) is 21.5. The zero-order chi connectivity index (χ0) is 25.5. The molecule has 5 rings (SSSR count). The number of alkyl carbamates (subject to hydrolysis) is 1. The van der Waals surface area contributed by atoms with E-state index in [0.29, 0.717) is 30.3 Å². The number of hydrogen-bond donors (Lipinski definition) is 1. The minimum absolute atomic E-state index is 0.0625. The predicted molar refractivity (Wildman–Crippen MR) is 136 cm³/mol. The molecule has 1 N–H and O–H groups in total. The largest absolute Gasteiger partial charge is 0.489 e. The Hall–Kier alpha value is -3.10. The first-order valence-corrected chi connectivity index (χ1v) is 12.9. The molecule has 2 atom stereocenters. The second-order valence-corrected chi connectivity index (χ2v) is 11.4. The molecule has 3 fully saturated rings. The zero-order valence-corrected chi connectivity index (χ0v) is 21.6. The SMILES string of the molecule is C[C@H](NC(=O)OC(C)(C)C)c1ccc(O[C@@H]2CCN(c3nc(N4CCC5(CC5)C4)ncc3F)C2)cc1. The van der Waals surface area contributed by atoms with E-state index in [-0.39, 0.29) is 12.1 Å². The van der Waals surface area contributed by atoms with Crippen molar-refractivity contribution < 1.29 is 18.7 Å². The minimum atomic E-state index is -0.541. The van der Waals surface area contributed by atoms with Crippen molar-refractivity contribution in [3.8, 4) is 5.75 Å². The van der Waals surface area contributed by atoms with Crippen LogP contribution in [0.25, 0.3) is 0 Å². The predicted octanol–water partition coefficient (Wildman–Crippen LogP) is 4.85. The summed E-state index contributed by atoms with van der Waals surface area (Å²) < 4.78 is 26.2. The molecule has 0 radical (unpaired) electrons. The molecule has 1 amide bonds. The monoisotopic (exact) mass is 497 g/mol. The zero-order valence-electron chi connectivity index (χ0n) is 21.6. The molecular formula is C27H36FN5O3. The summed E-state index contributed by atoms with van der Waals surface area (Å²) >= 11 is 0. The molecular weight excluding hydrogens is 461 g/mol. The van der Waals surface area contributed by atoms with Crippen LogP contribution in [0.1, 0.15) is 65.0 Å². The highest BCUT2D eigenvalue weighted by Gasteiger charge is 2.48. The molecule has 0 unspecified atom stereocenters. The third kappa shape index (κ3) is 5.65. The van der Waals surface area contributed by atoms with Gasteiger partial charge in [-0.1, -0.05) is 12.1 Å². The smallest absolute Gasteiger partial charge is 0.408 e. The van der Waals surface area contributed by atoms with Crippen molar-refractivity contribution in [3.63, 3.8) is 0 Å². The van der Waals surface area contributed by atoms with E-state index in [9.17, 15) is 9.18 Å². The van der Waals surface area contributed by atoms with Crippen LogP contribution in [0.4, 0.5) is 21.0 Å². The summed E-state index contributed by atoms with van der Waals surface area (Å²) in [5.74, 6) is 1.34. The van der Waals surface area contributed by atoms with Gasteiger partial charge in [-0.15, -0.1) is 0 Å². The first-order valence-electron chi connectivity index (χ1n) is 12.9. The van der Waals surface area contributed by atoms with E-state index in [2.05, 4.69) is 20.2 Å². The van der Waals surface area contributed by atoms with E-state index < -0.39 is 17.5 Å². The summed E-state index contributed by atoms with van der Waals surface area (Å²) in [7, 11) is 0. The van der Waals surface area contributed by atoms with E-state index in [1.807, 2.05) is 56.9 Å². The Bertz CT molecular complexity index is 1100. The van der Waals surface area contributed by atoms with Gasteiger partial charge in [0.1, 0.15) is 17.5 Å². The maximum Gasteiger partial charge on any atom is 0.408 e. The number of amides is 1. The summed E-state index contributed by atoms with van der Waals surface area (Å²) in [6.07, 6.45) is 5.31. The molecule has 3 aliphatic rings. The van der Waals surface area contributed by atoms with Gasteiger partial charge in [-0.3, -0.25) is 0 Å². The van der Waals surface area contributed by atoms with Crippen LogP contribution in [-0.2, 0) is 4.74 Å². The number of halogens is 1. The van der Waals surface area contributed by atoms with Crippen LogP contribution in [0.5, 0.6) is 5.75 Å². The van der Waals surface area contributed by atoms with Crippen LogP contribution in [0.3, 0.4) is 0 Å². The number of nitrogens with zero attached hydrogens (tertiary/aromatic N) is 4. The summed E-state index contributed by atoms with van der Waals surface area (Å²) in [5.41, 5.74) is 0.871. The third-order valence-electron chi connectivity index (χ3n) is 7.25. The van der Waals surface area contributed by atoms with Gasteiger partial charge in [0.25, 0.3) is 0 Å². The third-order valence-corrected chi connectivity index (χ3v) is 7.25. The summed E-state index contributed by atoms with van der Waals surface area (Å²) in [5, 5.41) is 2.85. The molecule has 194 valence electrons. The maximum atomic E-state index is 14.7. The number of carbonyl (C=O) groups excluding carboxylic acids is 1.